The average molecular weight is 943 g/mol. The molecule has 0 fully saturated rings. The summed E-state index contributed by atoms with van der Waals surface area (Å²) in [4.78, 5) is 2.37. The lowest BCUT2D eigenvalue weighted by molar-refractivity contribution is 1.18. The van der Waals surface area contributed by atoms with Gasteiger partial charge in [-0.1, -0.05) is 206 Å². The van der Waals surface area contributed by atoms with E-state index in [0.717, 1.165) is 39.4 Å². The molecule has 0 saturated carbocycles. The van der Waals surface area contributed by atoms with Gasteiger partial charge in [0.25, 0.3) is 0 Å². The minimum atomic E-state index is 1.07. The van der Waals surface area contributed by atoms with Crippen LogP contribution in [0.25, 0.3) is 105 Å². The monoisotopic (exact) mass is 942 g/mol. The van der Waals surface area contributed by atoms with Crippen LogP contribution in [0.2, 0.25) is 0 Å². The van der Waals surface area contributed by atoms with Crippen molar-refractivity contribution in [2.24, 2.45) is 0 Å². The van der Waals surface area contributed by atoms with Crippen molar-refractivity contribution in [1.29, 1.82) is 0 Å². The second kappa shape index (κ2) is 19.4. The first-order valence-electron chi connectivity index (χ1n) is 25.4. The van der Waals surface area contributed by atoms with Gasteiger partial charge in [0.1, 0.15) is 0 Å². The third-order valence-corrected chi connectivity index (χ3v) is 14.4. The minimum absolute atomic E-state index is 1.07. The number of anilines is 3. The highest BCUT2D eigenvalue weighted by molar-refractivity contribution is 6.10. The zero-order chi connectivity index (χ0) is 49.2. The van der Waals surface area contributed by atoms with E-state index in [4.69, 9.17) is 0 Å². The topological polar surface area (TPSA) is 8.17 Å². The summed E-state index contributed by atoms with van der Waals surface area (Å²) in [5, 5.41) is 2.50. The second-order valence-electron chi connectivity index (χ2n) is 19.0. The van der Waals surface area contributed by atoms with Crippen molar-refractivity contribution in [1.82, 2.24) is 4.57 Å². The molecule has 0 radical (unpaired) electrons. The van der Waals surface area contributed by atoms with Crippen LogP contribution in [-0.2, 0) is 0 Å². The standard InChI is InChI=1S/C72H50N2/c1-6-18-51(19-7-1)59-44-60(52-20-8-2-9-21-52)47-63(46-59)56-32-39-67(40-33-56)73(68-41-34-57(35-42-68)64-48-61(53-22-10-3-11-23-53)45-62(49-64)54-24-12-4-13-25-54)66-37-30-55(31-38-66)58-36-43-70-69-28-16-17-29-71(69)74(72(70)50-58)65-26-14-5-15-27-65/h1-50H. The van der Waals surface area contributed by atoms with E-state index in [1.807, 2.05) is 0 Å². The largest absolute Gasteiger partial charge is 0.311 e. The van der Waals surface area contributed by atoms with E-state index < -0.39 is 0 Å². The van der Waals surface area contributed by atoms with E-state index in [1.165, 1.54) is 83.0 Å². The van der Waals surface area contributed by atoms with Crippen LogP contribution < -0.4 is 4.90 Å². The van der Waals surface area contributed by atoms with Crippen molar-refractivity contribution in [3.8, 4) is 83.6 Å². The number of hydrogen-bond acceptors (Lipinski definition) is 1. The van der Waals surface area contributed by atoms with Crippen LogP contribution in [0.1, 0.15) is 0 Å². The molecule has 13 aromatic rings. The van der Waals surface area contributed by atoms with E-state index in [2.05, 4.69) is 313 Å². The number of para-hydroxylation sites is 2. The number of hydrogen-bond donors (Lipinski definition) is 0. The lowest BCUT2D eigenvalue weighted by atomic mass is 9.93. The van der Waals surface area contributed by atoms with Crippen molar-refractivity contribution in [2.45, 2.75) is 0 Å². The highest BCUT2D eigenvalue weighted by Crippen LogP contribution is 2.41. The van der Waals surface area contributed by atoms with Gasteiger partial charge in [0.05, 0.1) is 11.0 Å². The summed E-state index contributed by atoms with van der Waals surface area (Å²) in [6.45, 7) is 0. The molecular weight excluding hydrogens is 893 g/mol. The molecule has 348 valence electrons. The Hall–Kier alpha value is -9.76. The van der Waals surface area contributed by atoms with Gasteiger partial charge in [-0.2, -0.15) is 0 Å². The highest BCUT2D eigenvalue weighted by atomic mass is 15.1. The molecule has 0 atom stereocenters. The maximum atomic E-state index is 2.39. The lowest BCUT2D eigenvalue weighted by Crippen LogP contribution is -2.09. The van der Waals surface area contributed by atoms with Crippen molar-refractivity contribution in [3.05, 3.63) is 303 Å². The molecule has 0 N–H and O–H groups in total. The molecule has 2 heteroatoms. The maximum absolute atomic E-state index is 2.39. The molecule has 13 rings (SSSR count). The Morgan fingerprint density at radius 1 is 0.189 bits per heavy atom. The number of nitrogens with zero attached hydrogens (tertiary/aromatic N) is 2. The maximum Gasteiger partial charge on any atom is 0.0547 e. The molecule has 2 nitrogen and oxygen atoms in total. The van der Waals surface area contributed by atoms with Gasteiger partial charge >= 0.3 is 0 Å². The van der Waals surface area contributed by atoms with E-state index in [0.29, 0.717) is 0 Å². The van der Waals surface area contributed by atoms with Crippen LogP contribution in [0.3, 0.4) is 0 Å². The molecule has 0 spiro atoms. The van der Waals surface area contributed by atoms with Crippen LogP contribution in [0.4, 0.5) is 17.1 Å². The molecule has 1 aromatic heterocycles. The van der Waals surface area contributed by atoms with Crippen molar-refractivity contribution in [3.63, 3.8) is 0 Å². The Morgan fingerprint density at radius 2 is 0.473 bits per heavy atom. The van der Waals surface area contributed by atoms with Gasteiger partial charge in [-0.15, -0.1) is 0 Å². The zero-order valence-corrected chi connectivity index (χ0v) is 40.8. The van der Waals surface area contributed by atoms with Crippen molar-refractivity contribution >= 4 is 38.9 Å². The summed E-state index contributed by atoms with van der Waals surface area (Å²) in [6, 6.07) is 110. The van der Waals surface area contributed by atoms with Crippen LogP contribution >= 0.6 is 0 Å². The highest BCUT2D eigenvalue weighted by Gasteiger charge is 2.17. The molecule has 0 amide bonds. The first-order valence-corrected chi connectivity index (χ1v) is 25.4. The Morgan fingerprint density at radius 3 is 0.851 bits per heavy atom. The Bertz CT molecular complexity index is 3770. The predicted molar refractivity (Wildman–Crippen MR) is 314 cm³/mol. The van der Waals surface area contributed by atoms with Gasteiger partial charge in [0, 0.05) is 33.5 Å². The second-order valence-corrected chi connectivity index (χ2v) is 19.0. The van der Waals surface area contributed by atoms with Crippen molar-refractivity contribution < 1.29 is 0 Å². The number of fused-ring (bicyclic) bond motifs is 3. The first-order chi connectivity index (χ1) is 36.7. The van der Waals surface area contributed by atoms with Crippen molar-refractivity contribution in [2.75, 3.05) is 4.90 Å². The molecule has 0 aliphatic heterocycles. The van der Waals surface area contributed by atoms with Crippen LogP contribution in [-0.4, -0.2) is 4.57 Å². The summed E-state index contributed by atoms with van der Waals surface area (Å²) in [5.74, 6) is 0. The fraction of sp³-hybridized carbons (Fsp3) is 0. The average Bonchev–Trinajstić information content (AvgIpc) is 3.82. The van der Waals surface area contributed by atoms with Crippen LogP contribution in [0.15, 0.2) is 303 Å². The van der Waals surface area contributed by atoms with E-state index >= 15 is 0 Å². The predicted octanol–water partition coefficient (Wildman–Crippen LogP) is 19.9. The summed E-state index contributed by atoms with van der Waals surface area (Å²) >= 11 is 0. The van der Waals surface area contributed by atoms with E-state index in [1.54, 1.807) is 0 Å². The summed E-state index contributed by atoms with van der Waals surface area (Å²) < 4.78 is 2.39. The lowest BCUT2D eigenvalue weighted by Gasteiger charge is -2.26. The summed E-state index contributed by atoms with van der Waals surface area (Å²) in [7, 11) is 0. The third kappa shape index (κ3) is 8.65. The Kier molecular flexibility index (Phi) is 11.6. The van der Waals surface area contributed by atoms with Gasteiger partial charge in [0.2, 0.25) is 0 Å². The number of aromatic nitrogens is 1. The van der Waals surface area contributed by atoms with Crippen LogP contribution in [0.5, 0.6) is 0 Å². The molecule has 1 heterocycles. The smallest absolute Gasteiger partial charge is 0.0547 e. The van der Waals surface area contributed by atoms with Gasteiger partial charge < -0.3 is 9.47 Å². The van der Waals surface area contributed by atoms with Gasteiger partial charge in [-0.3, -0.25) is 0 Å². The Balaban J connectivity index is 0.902. The molecule has 0 aliphatic rings. The first kappa shape index (κ1) is 44.2. The number of rotatable bonds is 11. The third-order valence-electron chi connectivity index (χ3n) is 14.4. The quantitative estimate of drug-likeness (QED) is 0.125. The van der Waals surface area contributed by atoms with E-state index in [-0.39, 0.29) is 0 Å². The Labute approximate surface area is 433 Å². The molecule has 0 unspecified atom stereocenters. The molecular formula is C72H50N2. The van der Waals surface area contributed by atoms with Crippen LogP contribution in [0, 0.1) is 0 Å². The zero-order valence-electron chi connectivity index (χ0n) is 40.8. The van der Waals surface area contributed by atoms with Gasteiger partial charge in [0.15, 0.2) is 0 Å². The summed E-state index contributed by atoms with van der Waals surface area (Å²) in [5.41, 5.74) is 23.3. The molecule has 12 aromatic carbocycles. The molecule has 0 bridgehead atoms. The van der Waals surface area contributed by atoms with Gasteiger partial charge in [-0.05, 0) is 175 Å². The normalized spacial score (nSPS) is 11.2. The summed E-state index contributed by atoms with van der Waals surface area (Å²) in [6.07, 6.45) is 0. The molecule has 0 aliphatic carbocycles. The number of benzene rings is 12. The fourth-order valence-corrected chi connectivity index (χ4v) is 10.6. The van der Waals surface area contributed by atoms with Gasteiger partial charge in [-0.25, -0.2) is 0 Å². The fourth-order valence-electron chi connectivity index (χ4n) is 10.6. The minimum Gasteiger partial charge on any atom is -0.311 e. The molecule has 0 saturated heterocycles. The molecule has 74 heavy (non-hydrogen) atoms. The van der Waals surface area contributed by atoms with E-state index in [9.17, 15) is 0 Å². The SMILES string of the molecule is c1ccc(-c2cc(-c3ccccc3)cc(-c3ccc(N(c4ccc(-c5cc(-c6ccccc6)cc(-c6ccccc6)c5)cc4)c4ccc(-c5ccc6c7ccccc7n(-c7ccccc7)c6c5)cc4)cc3)c2)cc1.